The van der Waals surface area contributed by atoms with Crippen molar-refractivity contribution in [2.75, 3.05) is 19.7 Å². The Kier molecular flexibility index (Phi) is 6.54. The first kappa shape index (κ1) is 24.4. The molecule has 9 nitrogen and oxygen atoms in total. The lowest BCUT2D eigenvalue weighted by Crippen LogP contribution is -2.41. The third-order valence-corrected chi connectivity index (χ3v) is 6.89. The predicted molar refractivity (Wildman–Crippen MR) is 142 cm³/mol. The first-order valence-electron chi connectivity index (χ1n) is 12.8. The topological polar surface area (TPSA) is 114 Å². The summed E-state index contributed by atoms with van der Waals surface area (Å²) in [5.41, 5.74) is 3.37. The van der Waals surface area contributed by atoms with Crippen molar-refractivity contribution >= 4 is 11.8 Å². The van der Waals surface area contributed by atoms with Crippen molar-refractivity contribution in [2.45, 2.75) is 18.9 Å². The second-order valence-corrected chi connectivity index (χ2v) is 9.43. The highest BCUT2D eigenvalue weighted by Gasteiger charge is 2.34. The molecule has 2 N–H and O–H groups in total. The summed E-state index contributed by atoms with van der Waals surface area (Å²) in [5, 5.41) is 21.0. The van der Waals surface area contributed by atoms with E-state index in [0.29, 0.717) is 49.8 Å². The number of carbonyl (C=O) groups excluding carboxylic acids is 2. The van der Waals surface area contributed by atoms with E-state index in [2.05, 4.69) is 15.5 Å². The maximum atomic E-state index is 13.6. The highest BCUT2D eigenvalue weighted by molar-refractivity contribution is 5.97. The number of hydrogen-bond acceptors (Lipinski definition) is 7. The van der Waals surface area contributed by atoms with Gasteiger partial charge in [0.15, 0.2) is 5.69 Å². The Bertz CT molecular complexity index is 1540. The van der Waals surface area contributed by atoms with E-state index in [-0.39, 0.29) is 34.9 Å². The summed E-state index contributed by atoms with van der Waals surface area (Å²) >= 11 is 0. The molecular weight excluding hydrogens is 496 g/mol. The summed E-state index contributed by atoms with van der Waals surface area (Å²) in [7, 11) is 0. The van der Waals surface area contributed by atoms with Gasteiger partial charge in [0, 0.05) is 19.3 Å². The smallest absolute Gasteiger partial charge is 0.275 e. The molecule has 1 aromatic heterocycles. The number of fused-ring (bicyclic) bond motifs is 6. The largest absolute Gasteiger partial charge is 0.507 e. The second-order valence-electron chi connectivity index (χ2n) is 9.43. The number of hydrogen-bond donors (Lipinski definition) is 2. The number of phenols is 1. The van der Waals surface area contributed by atoms with Gasteiger partial charge >= 0.3 is 0 Å². The Morgan fingerprint density at radius 2 is 1.87 bits per heavy atom. The van der Waals surface area contributed by atoms with Gasteiger partial charge in [0.05, 0.1) is 18.2 Å². The molecule has 0 aliphatic carbocycles. The van der Waals surface area contributed by atoms with Gasteiger partial charge in [-0.05, 0) is 84.1 Å². The lowest BCUT2D eigenvalue weighted by molar-refractivity contribution is 0.0686. The van der Waals surface area contributed by atoms with E-state index in [1.807, 2.05) is 47.4 Å². The molecule has 0 radical (unpaired) electrons. The summed E-state index contributed by atoms with van der Waals surface area (Å²) in [6.45, 7) is 1.23. The van der Waals surface area contributed by atoms with Crippen molar-refractivity contribution in [1.29, 1.82) is 0 Å². The normalized spacial score (nSPS) is 16.8. The fourth-order valence-corrected chi connectivity index (χ4v) is 5.04. The lowest BCUT2D eigenvalue weighted by atomic mass is 9.87. The molecule has 3 aliphatic rings. The van der Waals surface area contributed by atoms with Crippen LogP contribution in [0.2, 0.25) is 0 Å². The van der Waals surface area contributed by atoms with Crippen molar-refractivity contribution < 1.29 is 24.2 Å². The zero-order chi connectivity index (χ0) is 26.8. The average Bonchev–Trinajstić information content (AvgIpc) is 2.97. The van der Waals surface area contributed by atoms with Gasteiger partial charge < -0.3 is 24.8 Å². The van der Waals surface area contributed by atoms with Crippen molar-refractivity contribution in [1.82, 2.24) is 20.4 Å². The SMILES string of the molecule is O=C1NCCCOc2cccc(c2)C2c3ccc(cc3CCN2C(=O)c2cccnn2)Oc2ccc(O)c1c2. The monoisotopic (exact) mass is 522 g/mol. The Morgan fingerprint density at radius 1 is 1.00 bits per heavy atom. The van der Waals surface area contributed by atoms with E-state index in [4.69, 9.17) is 9.47 Å². The molecule has 196 valence electrons. The molecule has 0 spiro atoms. The molecule has 7 rings (SSSR count). The minimum Gasteiger partial charge on any atom is -0.507 e. The van der Waals surface area contributed by atoms with Crippen LogP contribution in [-0.4, -0.2) is 51.7 Å². The molecule has 0 fully saturated rings. The van der Waals surface area contributed by atoms with Gasteiger partial charge in [-0.15, -0.1) is 5.10 Å². The summed E-state index contributed by atoms with van der Waals surface area (Å²) in [5.74, 6) is 0.994. The van der Waals surface area contributed by atoms with Gasteiger partial charge in [0.25, 0.3) is 11.8 Å². The van der Waals surface area contributed by atoms with Crippen molar-refractivity contribution in [3.63, 3.8) is 0 Å². The highest BCUT2D eigenvalue weighted by Crippen LogP contribution is 2.39. The van der Waals surface area contributed by atoms with Crippen LogP contribution >= 0.6 is 0 Å². The first-order valence-corrected chi connectivity index (χ1v) is 12.8. The molecule has 4 aromatic rings. The van der Waals surface area contributed by atoms with Crippen molar-refractivity contribution in [2.24, 2.45) is 0 Å². The van der Waals surface area contributed by atoms with E-state index >= 15 is 0 Å². The molecule has 1 unspecified atom stereocenters. The Labute approximate surface area is 225 Å². The van der Waals surface area contributed by atoms with E-state index in [9.17, 15) is 14.7 Å². The molecule has 39 heavy (non-hydrogen) atoms. The summed E-state index contributed by atoms with van der Waals surface area (Å²) in [4.78, 5) is 28.1. The van der Waals surface area contributed by atoms with E-state index in [1.54, 1.807) is 24.4 Å². The van der Waals surface area contributed by atoms with Crippen LogP contribution < -0.4 is 14.8 Å². The van der Waals surface area contributed by atoms with Gasteiger partial charge in [-0.3, -0.25) is 9.59 Å². The molecular formula is C30H26N4O5. The number of amides is 2. The number of rotatable bonds is 1. The number of carbonyl (C=O) groups is 2. The maximum Gasteiger partial charge on any atom is 0.275 e. The van der Waals surface area contributed by atoms with Gasteiger partial charge in [0.1, 0.15) is 23.0 Å². The van der Waals surface area contributed by atoms with Crippen LogP contribution in [0.3, 0.4) is 0 Å². The molecule has 2 amide bonds. The van der Waals surface area contributed by atoms with Crippen LogP contribution in [-0.2, 0) is 6.42 Å². The number of aromatic nitrogens is 2. The average molecular weight is 523 g/mol. The number of ether oxygens (including phenoxy) is 2. The quantitative estimate of drug-likeness (QED) is 0.384. The maximum absolute atomic E-state index is 13.6. The van der Waals surface area contributed by atoms with Crippen LogP contribution in [0.1, 0.15) is 50.0 Å². The van der Waals surface area contributed by atoms with Crippen molar-refractivity contribution in [3.8, 4) is 23.0 Å². The van der Waals surface area contributed by atoms with E-state index in [1.165, 1.54) is 12.1 Å². The molecule has 4 heterocycles. The second kappa shape index (κ2) is 10.4. The predicted octanol–water partition coefficient (Wildman–Crippen LogP) is 4.27. The first-order chi connectivity index (χ1) is 19.1. The summed E-state index contributed by atoms with van der Waals surface area (Å²) in [6, 6.07) is 21.1. The lowest BCUT2D eigenvalue weighted by Gasteiger charge is -2.37. The number of nitrogens with one attached hydrogen (secondary N) is 1. The fourth-order valence-electron chi connectivity index (χ4n) is 5.04. The minimum atomic E-state index is -0.387. The van der Waals surface area contributed by atoms with Gasteiger partial charge in [-0.1, -0.05) is 18.2 Å². The molecule has 0 saturated carbocycles. The Balaban J connectivity index is 1.43. The van der Waals surface area contributed by atoms with Gasteiger partial charge in [0.2, 0.25) is 0 Å². The molecule has 1 atom stereocenters. The van der Waals surface area contributed by atoms with Crippen molar-refractivity contribution in [3.05, 3.63) is 107 Å². The Hall–Kier alpha value is -4.92. The number of phenolic OH excluding ortho intramolecular Hbond substituents is 1. The van der Waals surface area contributed by atoms with Crippen LogP contribution in [0, 0.1) is 0 Å². The fraction of sp³-hybridized carbons (Fsp3) is 0.200. The zero-order valence-electron chi connectivity index (χ0n) is 21.0. The Morgan fingerprint density at radius 3 is 2.74 bits per heavy atom. The number of aromatic hydroxyl groups is 1. The van der Waals surface area contributed by atoms with Crippen LogP contribution in [0.25, 0.3) is 0 Å². The molecule has 3 aromatic carbocycles. The molecule has 3 aliphatic heterocycles. The molecule has 0 saturated heterocycles. The zero-order valence-corrected chi connectivity index (χ0v) is 21.0. The summed E-state index contributed by atoms with van der Waals surface area (Å²) in [6.07, 6.45) is 2.73. The van der Waals surface area contributed by atoms with Crippen LogP contribution in [0.15, 0.2) is 79.0 Å². The van der Waals surface area contributed by atoms with E-state index in [0.717, 1.165) is 16.7 Å². The van der Waals surface area contributed by atoms with E-state index < -0.39 is 0 Å². The molecule has 8 bridgehead atoms. The highest BCUT2D eigenvalue weighted by atomic mass is 16.5. The summed E-state index contributed by atoms with van der Waals surface area (Å²) < 4.78 is 12.1. The number of benzene rings is 3. The van der Waals surface area contributed by atoms with Gasteiger partial charge in [-0.25, -0.2) is 0 Å². The number of nitrogens with zero attached hydrogens (tertiary/aromatic N) is 3. The standard InChI is InChI=1S/C30H26N4O5/c35-27-10-8-23-18-25(27)29(36)31-12-3-15-38-21-5-1-4-20(17-21)28-24-9-7-22(39-23)16-19(24)11-14-34(28)30(37)26-6-2-13-32-33-26/h1-2,4-10,13,16-18,28,35H,3,11-12,14-15H2,(H,31,36). The third kappa shape index (κ3) is 4.98. The van der Waals surface area contributed by atoms with Gasteiger partial charge in [-0.2, -0.15) is 5.10 Å². The third-order valence-electron chi connectivity index (χ3n) is 6.89. The minimum absolute atomic E-state index is 0.122. The van der Waals surface area contributed by atoms with Crippen LogP contribution in [0.5, 0.6) is 23.0 Å². The molecule has 9 heteroatoms. The van der Waals surface area contributed by atoms with Crippen LogP contribution in [0.4, 0.5) is 0 Å².